The van der Waals surface area contributed by atoms with E-state index in [1.54, 1.807) is 6.20 Å². The summed E-state index contributed by atoms with van der Waals surface area (Å²) in [6.07, 6.45) is 5.67. The summed E-state index contributed by atoms with van der Waals surface area (Å²) < 4.78 is 2.04. The molecule has 20 heavy (non-hydrogen) atoms. The zero-order valence-corrected chi connectivity index (χ0v) is 11.4. The van der Waals surface area contributed by atoms with Crippen molar-refractivity contribution in [1.82, 2.24) is 14.5 Å². The minimum atomic E-state index is 0.734. The maximum absolute atomic E-state index is 4.49. The maximum Gasteiger partial charge on any atom is 0.207 e. The van der Waals surface area contributed by atoms with Gasteiger partial charge in [0.1, 0.15) is 0 Å². The van der Waals surface area contributed by atoms with E-state index in [1.807, 2.05) is 42.0 Å². The molecule has 3 aromatic rings. The summed E-state index contributed by atoms with van der Waals surface area (Å²) >= 11 is 0. The van der Waals surface area contributed by atoms with Crippen LogP contribution in [0.1, 0.15) is 5.69 Å². The van der Waals surface area contributed by atoms with Gasteiger partial charge in [-0.05, 0) is 31.2 Å². The second-order valence-corrected chi connectivity index (χ2v) is 4.68. The molecule has 0 fully saturated rings. The number of hydrogen-bond acceptors (Lipinski definition) is 3. The van der Waals surface area contributed by atoms with Gasteiger partial charge in [0.15, 0.2) is 0 Å². The third kappa shape index (κ3) is 2.40. The fraction of sp³-hybridized carbons (Fsp3) is 0.125. The van der Waals surface area contributed by atoms with Crippen molar-refractivity contribution in [3.8, 4) is 0 Å². The SMILES string of the molecule is C=CCn1cc(C)nc1Nc1ccc2ncccc2c1. The first-order chi connectivity index (χ1) is 9.76. The highest BCUT2D eigenvalue weighted by Crippen LogP contribution is 2.21. The largest absolute Gasteiger partial charge is 0.326 e. The first kappa shape index (κ1) is 12.4. The third-order valence-corrected chi connectivity index (χ3v) is 3.08. The molecule has 3 rings (SSSR count). The molecule has 1 N–H and O–H groups in total. The zero-order chi connectivity index (χ0) is 13.9. The number of hydrogen-bond donors (Lipinski definition) is 1. The van der Waals surface area contributed by atoms with E-state index in [1.165, 1.54) is 0 Å². The van der Waals surface area contributed by atoms with E-state index in [4.69, 9.17) is 0 Å². The Kier molecular flexibility index (Phi) is 3.21. The molecular formula is C16H16N4. The van der Waals surface area contributed by atoms with Crippen LogP contribution in [0.15, 0.2) is 55.4 Å². The van der Waals surface area contributed by atoms with E-state index in [2.05, 4.69) is 34.0 Å². The molecule has 0 aliphatic heterocycles. The number of aryl methyl sites for hydroxylation is 1. The number of pyridine rings is 1. The molecule has 0 unspecified atom stereocenters. The van der Waals surface area contributed by atoms with Crippen molar-refractivity contribution in [3.05, 3.63) is 61.1 Å². The van der Waals surface area contributed by atoms with Gasteiger partial charge in [0.25, 0.3) is 0 Å². The summed E-state index contributed by atoms with van der Waals surface area (Å²) in [5.74, 6) is 0.825. The van der Waals surface area contributed by atoms with Crippen LogP contribution in [-0.2, 0) is 6.54 Å². The predicted molar refractivity (Wildman–Crippen MR) is 82.2 cm³/mol. The Hall–Kier alpha value is -2.62. The lowest BCUT2D eigenvalue weighted by atomic mass is 10.2. The first-order valence-electron chi connectivity index (χ1n) is 6.53. The molecule has 100 valence electrons. The molecule has 1 aromatic carbocycles. The molecule has 0 aliphatic rings. The minimum Gasteiger partial charge on any atom is -0.326 e. The molecule has 0 radical (unpaired) electrons. The number of rotatable bonds is 4. The van der Waals surface area contributed by atoms with Gasteiger partial charge in [-0.25, -0.2) is 4.98 Å². The fourth-order valence-electron chi connectivity index (χ4n) is 2.21. The van der Waals surface area contributed by atoms with Crippen LogP contribution in [0.5, 0.6) is 0 Å². The van der Waals surface area contributed by atoms with Crippen molar-refractivity contribution in [2.45, 2.75) is 13.5 Å². The van der Waals surface area contributed by atoms with Gasteiger partial charge >= 0.3 is 0 Å². The highest BCUT2D eigenvalue weighted by Gasteiger charge is 2.05. The standard InChI is InChI=1S/C16H16N4/c1-3-9-20-11-12(2)18-16(20)19-14-6-7-15-13(10-14)5-4-8-17-15/h3-8,10-11H,1,9H2,2H3,(H,18,19). The van der Waals surface area contributed by atoms with Gasteiger partial charge in [0, 0.05) is 30.0 Å². The third-order valence-electron chi connectivity index (χ3n) is 3.08. The van der Waals surface area contributed by atoms with Gasteiger partial charge in [-0.1, -0.05) is 12.1 Å². The van der Waals surface area contributed by atoms with Gasteiger partial charge in [-0.2, -0.15) is 0 Å². The Morgan fingerprint density at radius 1 is 1.35 bits per heavy atom. The molecule has 4 heteroatoms. The van der Waals surface area contributed by atoms with E-state index < -0.39 is 0 Å². The highest BCUT2D eigenvalue weighted by atomic mass is 15.2. The number of imidazole rings is 1. The number of nitrogens with one attached hydrogen (secondary N) is 1. The molecule has 0 amide bonds. The van der Waals surface area contributed by atoms with Crippen LogP contribution in [0.25, 0.3) is 10.9 Å². The van der Waals surface area contributed by atoms with Crippen LogP contribution >= 0.6 is 0 Å². The smallest absolute Gasteiger partial charge is 0.207 e. The molecule has 4 nitrogen and oxygen atoms in total. The Bertz CT molecular complexity index is 758. The van der Waals surface area contributed by atoms with Crippen LogP contribution in [0.2, 0.25) is 0 Å². The number of fused-ring (bicyclic) bond motifs is 1. The molecule has 2 aromatic heterocycles. The van der Waals surface area contributed by atoms with Crippen LogP contribution in [0.3, 0.4) is 0 Å². The minimum absolute atomic E-state index is 0.734. The molecule has 2 heterocycles. The van der Waals surface area contributed by atoms with Crippen LogP contribution in [0, 0.1) is 6.92 Å². The van der Waals surface area contributed by atoms with Crippen LogP contribution < -0.4 is 5.32 Å². The van der Waals surface area contributed by atoms with Gasteiger partial charge in [0.2, 0.25) is 5.95 Å². The van der Waals surface area contributed by atoms with Crippen LogP contribution in [0.4, 0.5) is 11.6 Å². The number of anilines is 2. The summed E-state index contributed by atoms with van der Waals surface area (Å²) in [6.45, 7) is 6.49. The molecule has 0 atom stereocenters. The normalized spacial score (nSPS) is 10.7. The lowest BCUT2D eigenvalue weighted by Crippen LogP contribution is -2.01. The predicted octanol–water partition coefficient (Wildman–Crippen LogP) is 3.67. The number of aromatic nitrogens is 3. The fourth-order valence-corrected chi connectivity index (χ4v) is 2.21. The Morgan fingerprint density at radius 2 is 2.25 bits per heavy atom. The zero-order valence-electron chi connectivity index (χ0n) is 11.4. The van der Waals surface area contributed by atoms with E-state index in [0.29, 0.717) is 0 Å². The summed E-state index contributed by atoms with van der Waals surface area (Å²) in [6, 6.07) is 10.1. The number of allylic oxidation sites excluding steroid dienone is 1. The lowest BCUT2D eigenvalue weighted by molar-refractivity contribution is 0.832. The van der Waals surface area contributed by atoms with Gasteiger partial charge in [-0.3, -0.25) is 4.98 Å². The Labute approximate surface area is 117 Å². The van der Waals surface area contributed by atoms with Crippen molar-refractivity contribution < 1.29 is 0 Å². The van der Waals surface area contributed by atoms with Crippen molar-refractivity contribution in [3.63, 3.8) is 0 Å². The second kappa shape index (κ2) is 5.17. The quantitative estimate of drug-likeness (QED) is 0.731. The van der Waals surface area contributed by atoms with Crippen molar-refractivity contribution in [2.24, 2.45) is 0 Å². The first-order valence-corrected chi connectivity index (χ1v) is 6.53. The number of nitrogens with zero attached hydrogens (tertiary/aromatic N) is 3. The highest BCUT2D eigenvalue weighted by molar-refractivity contribution is 5.82. The topological polar surface area (TPSA) is 42.7 Å². The molecule has 0 bridgehead atoms. The average molecular weight is 264 g/mol. The van der Waals surface area contributed by atoms with Crippen molar-refractivity contribution >= 4 is 22.5 Å². The van der Waals surface area contributed by atoms with E-state index in [-0.39, 0.29) is 0 Å². The van der Waals surface area contributed by atoms with Gasteiger partial charge in [-0.15, -0.1) is 6.58 Å². The van der Waals surface area contributed by atoms with Crippen LogP contribution in [-0.4, -0.2) is 14.5 Å². The maximum atomic E-state index is 4.49. The molecule has 0 saturated carbocycles. The van der Waals surface area contributed by atoms with Crippen molar-refractivity contribution in [1.29, 1.82) is 0 Å². The molecule has 0 aliphatic carbocycles. The monoisotopic (exact) mass is 264 g/mol. The lowest BCUT2D eigenvalue weighted by Gasteiger charge is -2.08. The summed E-state index contributed by atoms with van der Waals surface area (Å²) in [5.41, 5.74) is 2.97. The van der Waals surface area contributed by atoms with Gasteiger partial charge in [0.05, 0.1) is 11.2 Å². The van der Waals surface area contributed by atoms with Gasteiger partial charge < -0.3 is 9.88 Å². The average Bonchev–Trinajstić information content (AvgIpc) is 2.79. The van der Waals surface area contributed by atoms with E-state index in [9.17, 15) is 0 Å². The number of benzene rings is 1. The Morgan fingerprint density at radius 3 is 3.10 bits per heavy atom. The summed E-state index contributed by atoms with van der Waals surface area (Å²) in [5, 5.41) is 4.45. The summed E-state index contributed by atoms with van der Waals surface area (Å²) in [4.78, 5) is 8.81. The summed E-state index contributed by atoms with van der Waals surface area (Å²) in [7, 11) is 0. The van der Waals surface area contributed by atoms with Crippen molar-refractivity contribution in [2.75, 3.05) is 5.32 Å². The Balaban J connectivity index is 1.94. The molecule has 0 saturated heterocycles. The molecule has 0 spiro atoms. The molecular weight excluding hydrogens is 248 g/mol. The van der Waals surface area contributed by atoms with E-state index >= 15 is 0 Å². The second-order valence-electron chi connectivity index (χ2n) is 4.68. The van der Waals surface area contributed by atoms with E-state index in [0.717, 1.165) is 34.8 Å².